The predicted octanol–water partition coefficient (Wildman–Crippen LogP) is 2.88. The second-order valence-corrected chi connectivity index (χ2v) is 6.91. The molecule has 0 fully saturated rings. The molecule has 0 amide bonds. The highest BCUT2D eigenvalue weighted by Crippen LogP contribution is 2.43. The van der Waals surface area contributed by atoms with Crippen molar-refractivity contribution in [1.82, 2.24) is 0 Å². The summed E-state index contributed by atoms with van der Waals surface area (Å²) in [4.78, 5) is 23.3. The topological polar surface area (TPSA) is 86.0 Å². The summed E-state index contributed by atoms with van der Waals surface area (Å²) >= 11 is 0. The summed E-state index contributed by atoms with van der Waals surface area (Å²) in [6, 6.07) is 6.23. The van der Waals surface area contributed by atoms with E-state index >= 15 is 0 Å². The number of hydrogen-bond donors (Lipinski definition) is 1. The van der Waals surface area contributed by atoms with E-state index < -0.39 is 29.4 Å². The van der Waals surface area contributed by atoms with Gasteiger partial charge in [-0.2, -0.15) is 0 Å². The van der Waals surface area contributed by atoms with E-state index in [2.05, 4.69) is 0 Å². The first-order valence-corrected chi connectivity index (χ1v) is 7.98. The molecule has 0 saturated heterocycles. The second-order valence-electron chi connectivity index (χ2n) is 6.91. The van der Waals surface area contributed by atoms with E-state index in [1.807, 2.05) is 0 Å². The normalized spacial score (nSPS) is 19.2. The van der Waals surface area contributed by atoms with Crippen molar-refractivity contribution in [2.24, 2.45) is 0 Å². The quantitative estimate of drug-likeness (QED) is 0.523. The molecule has 3 rings (SSSR count). The summed E-state index contributed by atoms with van der Waals surface area (Å²) in [6.07, 6.45) is -0.361. The van der Waals surface area contributed by atoms with Crippen molar-refractivity contribution in [3.05, 3.63) is 51.9 Å². The van der Waals surface area contributed by atoms with Crippen molar-refractivity contribution in [2.75, 3.05) is 0 Å². The number of carbonyl (C=O) groups excluding carboxylic acids is 1. The van der Waals surface area contributed by atoms with Crippen LogP contribution in [0, 0.1) is 0 Å². The first-order chi connectivity index (χ1) is 11.7. The number of ether oxygens (including phenoxy) is 2. The van der Waals surface area contributed by atoms with Crippen LogP contribution in [-0.4, -0.2) is 22.8 Å². The van der Waals surface area contributed by atoms with Crippen LogP contribution in [-0.2, 0) is 9.53 Å². The highest BCUT2D eigenvalue weighted by atomic mass is 16.6. The molecule has 2 heterocycles. The monoisotopic (exact) mass is 344 g/mol. The lowest BCUT2D eigenvalue weighted by Crippen LogP contribution is -2.45. The molecular weight excluding hydrogens is 324 g/mol. The van der Waals surface area contributed by atoms with Gasteiger partial charge in [-0.15, -0.1) is 0 Å². The lowest BCUT2D eigenvalue weighted by molar-refractivity contribution is -0.164. The third-order valence-electron chi connectivity index (χ3n) is 4.07. The van der Waals surface area contributed by atoms with Gasteiger partial charge in [0, 0.05) is 29.2 Å². The number of allylic oxidation sites excluding steroid dienone is 1. The number of fused-ring (bicyclic) bond motifs is 2. The van der Waals surface area contributed by atoms with Gasteiger partial charge in [-0.25, -0.2) is 9.59 Å². The zero-order chi connectivity index (χ0) is 18.4. The van der Waals surface area contributed by atoms with Gasteiger partial charge >= 0.3 is 11.6 Å². The Bertz CT molecular complexity index is 917. The van der Waals surface area contributed by atoms with Gasteiger partial charge in [0.1, 0.15) is 23.0 Å². The van der Waals surface area contributed by atoms with E-state index in [0.29, 0.717) is 22.3 Å². The molecule has 0 unspecified atom stereocenters. The molecule has 6 heteroatoms. The maximum atomic E-state index is 11.9. The summed E-state index contributed by atoms with van der Waals surface area (Å²) in [6.45, 7) is 6.96. The molecule has 1 aliphatic rings. The van der Waals surface area contributed by atoms with Crippen molar-refractivity contribution in [1.29, 1.82) is 0 Å². The molecular formula is C19H20O6. The Hall–Kier alpha value is -2.60. The van der Waals surface area contributed by atoms with Gasteiger partial charge in [-0.3, -0.25) is 0 Å². The van der Waals surface area contributed by atoms with Gasteiger partial charge in [0.2, 0.25) is 0 Å². The SMILES string of the molecule is CC(C)=CC(=O)OC(C)(C)[C@@H]1Oc2cc3oc(=O)ccc3cc2[C@H]1O. The van der Waals surface area contributed by atoms with Crippen LogP contribution < -0.4 is 10.4 Å². The Morgan fingerprint density at radius 2 is 2.00 bits per heavy atom. The summed E-state index contributed by atoms with van der Waals surface area (Å²) in [5, 5.41) is 11.3. The van der Waals surface area contributed by atoms with Gasteiger partial charge in [-0.05, 0) is 39.8 Å². The summed E-state index contributed by atoms with van der Waals surface area (Å²) in [7, 11) is 0. The standard InChI is InChI=1S/C19H20O6/c1-10(2)7-16(21)25-19(3,4)18-17(22)12-8-11-5-6-15(20)23-13(11)9-14(12)24-18/h5-9,17-18,22H,1-4H3/t17-,18-/m1/s1. The second kappa shape index (κ2) is 6.04. The number of hydrogen-bond acceptors (Lipinski definition) is 6. The Kier molecular flexibility index (Phi) is 4.16. The van der Waals surface area contributed by atoms with E-state index in [9.17, 15) is 14.7 Å². The smallest absolute Gasteiger partial charge is 0.336 e. The van der Waals surface area contributed by atoms with Crippen LogP contribution in [0.1, 0.15) is 39.4 Å². The molecule has 25 heavy (non-hydrogen) atoms. The van der Waals surface area contributed by atoms with Crippen molar-refractivity contribution in [3.63, 3.8) is 0 Å². The molecule has 0 bridgehead atoms. The molecule has 1 aromatic heterocycles. The molecule has 1 aromatic carbocycles. The van der Waals surface area contributed by atoms with E-state index in [1.165, 1.54) is 12.1 Å². The number of rotatable bonds is 3. The molecule has 0 spiro atoms. The number of aliphatic hydroxyl groups is 1. The third kappa shape index (κ3) is 3.30. The minimum absolute atomic E-state index is 0.374. The summed E-state index contributed by atoms with van der Waals surface area (Å²) in [5.74, 6) is -0.0846. The Balaban J connectivity index is 1.92. The zero-order valence-electron chi connectivity index (χ0n) is 14.5. The van der Waals surface area contributed by atoms with E-state index in [4.69, 9.17) is 13.9 Å². The largest absolute Gasteiger partial charge is 0.483 e. The van der Waals surface area contributed by atoms with Crippen LogP contribution >= 0.6 is 0 Å². The van der Waals surface area contributed by atoms with Crippen LogP contribution in [0.5, 0.6) is 5.75 Å². The van der Waals surface area contributed by atoms with E-state index in [-0.39, 0.29) is 0 Å². The average molecular weight is 344 g/mol. The minimum atomic E-state index is -1.06. The lowest BCUT2D eigenvalue weighted by atomic mass is 9.93. The zero-order valence-corrected chi connectivity index (χ0v) is 14.5. The maximum Gasteiger partial charge on any atom is 0.336 e. The molecule has 0 aliphatic carbocycles. The van der Waals surface area contributed by atoms with Gasteiger partial charge in [0.05, 0.1) is 0 Å². The van der Waals surface area contributed by atoms with Crippen molar-refractivity contribution in [3.8, 4) is 5.75 Å². The van der Waals surface area contributed by atoms with Gasteiger partial charge in [0.25, 0.3) is 0 Å². The lowest BCUT2D eigenvalue weighted by Gasteiger charge is -2.32. The van der Waals surface area contributed by atoms with Gasteiger partial charge in [0.15, 0.2) is 6.10 Å². The number of esters is 1. The number of carbonyl (C=O) groups is 1. The Labute approximate surface area is 144 Å². The van der Waals surface area contributed by atoms with Crippen LogP contribution in [0.3, 0.4) is 0 Å². The fourth-order valence-corrected chi connectivity index (χ4v) is 2.92. The fourth-order valence-electron chi connectivity index (χ4n) is 2.92. The molecule has 6 nitrogen and oxygen atoms in total. The number of aliphatic hydroxyl groups excluding tert-OH is 1. The van der Waals surface area contributed by atoms with Crippen LogP contribution in [0.15, 0.2) is 45.1 Å². The average Bonchev–Trinajstić information content (AvgIpc) is 2.81. The third-order valence-corrected chi connectivity index (χ3v) is 4.07. The van der Waals surface area contributed by atoms with Crippen LogP contribution in [0.4, 0.5) is 0 Å². The molecule has 132 valence electrons. The molecule has 1 aliphatic heterocycles. The molecule has 1 N–H and O–H groups in total. The van der Waals surface area contributed by atoms with Crippen molar-refractivity contribution >= 4 is 16.9 Å². The molecule has 0 saturated carbocycles. The summed E-state index contributed by atoms with van der Waals surface area (Å²) in [5.41, 5.74) is 0.238. The van der Waals surface area contributed by atoms with E-state index in [1.54, 1.807) is 45.9 Å². The van der Waals surface area contributed by atoms with Gasteiger partial charge in [-0.1, -0.05) is 5.57 Å². The predicted molar refractivity (Wildman–Crippen MR) is 91.5 cm³/mol. The number of benzene rings is 1. The van der Waals surface area contributed by atoms with E-state index in [0.717, 1.165) is 5.57 Å². The van der Waals surface area contributed by atoms with Gasteiger partial charge < -0.3 is 19.0 Å². The van der Waals surface area contributed by atoms with Crippen LogP contribution in [0.25, 0.3) is 11.0 Å². The molecule has 2 atom stereocenters. The summed E-state index contributed by atoms with van der Waals surface area (Å²) < 4.78 is 16.4. The first kappa shape index (κ1) is 17.2. The highest BCUT2D eigenvalue weighted by Gasteiger charge is 2.46. The van der Waals surface area contributed by atoms with Crippen LogP contribution in [0.2, 0.25) is 0 Å². The first-order valence-electron chi connectivity index (χ1n) is 7.98. The maximum absolute atomic E-state index is 11.9. The molecule has 0 radical (unpaired) electrons. The highest BCUT2D eigenvalue weighted by molar-refractivity contribution is 5.83. The fraction of sp³-hybridized carbons (Fsp3) is 0.368. The van der Waals surface area contributed by atoms with Crippen molar-refractivity contribution in [2.45, 2.75) is 45.5 Å². The minimum Gasteiger partial charge on any atom is -0.483 e. The van der Waals surface area contributed by atoms with Crippen molar-refractivity contribution < 1.29 is 23.8 Å². The Morgan fingerprint density at radius 1 is 1.28 bits per heavy atom. The Morgan fingerprint density at radius 3 is 2.68 bits per heavy atom. The molecule has 2 aromatic rings.